The summed E-state index contributed by atoms with van der Waals surface area (Å²) in [6, 6.07) is 7.98. The van der Waals surface area contributed by atoms with Crippen LogP contribution in [0.3, 0.4) is 0 Å². The molecule has 116 valence electrons. The summed E-state index contributed by atoms with van der Waals surface area (Å²) < 4.78 is 28.4. The van der Waals surface area contributed by atoms with Crippen LogP contribution in [0.4, 0.5) is 5.69 Å². The second kappa shape index (κ2) is 5.90. The minimum atomic E-state index is -3.52. The van der Waals surface area contributed by atoms with Crippen molar-refractivity contribution in [2.24, 2.45) is 0 Å². The number of carbonyl (C=O) groups is 1. The maximum atomic E-state index is 12.1. The van der Waals surface area contributed by atoms with E-state index in [1.165, 1.54) is 16.8 Å². The van der Waals surface area contributed by atoms with Crippen LogP contribution in [0.2, 0.25) is 0 Å². The van der Waals surface area contributed by atoms with Gasteiger partial charge < -0.3 is 5.32 Å². The molecule has 1 amide bonds. The van der Waals surface area contributed by atoms with Gasteiger partial charge in [-0.15, -0.1) is 0 Å². The molecule has 1 aromatic heterocycles. The Morgan fingerprint density at radius 2 is 2.14 bits per heavy atom. The molecule has 1 fully saturated rings. The van der Waals surface area contributed by atoms with Crippen molar-refractivity contribution in [2.75, 3.05) is 5.32 Å². The second-order valence-corrected chi connectivity index (χ2v) is 6.89. The Bertz CT molecular complexity index is 767. The van der Waals surface area contributed by atoms with Gasteiger partial charge in [-0.3, -0.25) is 9.48 Å². The van der Waals surface area contributed by atoms with Crippen LogP contribution in [-0.2, 0) is 21.4 Å². The summed E-state index contributed by atoms with van der Waals surface area (Å²) in [5, 5.41) is 6.61. The van der Waals surface area contributed by atoms with Crippen LogP contribution in [0.25, 0.3) is 0 Å². The summed E-state index contributed by atoms with van der Waals surface area (Å²) in [4.78, 5) is 12.0. The fourth-order valence-electron chi connectivity index (χ4n) is 1.97. The van der Waals surface area contributed by atoms with Crippen molar-refractivity contribution < 1.29 is 13.2 Å². The van der Waals surface area contributed by atoms with Crippen LogP contribution < -0.4 is 10.0 Å². The molecule has 1 aliphatic carbocycles. The quantitative estimate of drug-likeness (QED) is 0.829. The van der Waals surface area contributed by atoms with Gasteiger partial charge in [0.15, 0.2) is 0 Å². The predicted molar refractivity (Wildman–Crippen MR) is 80.6 cm³/mol. The van der Waals surface area contributed by atoms with E-state index in [-0.39, 0.29) is 23.4 Å². The lowest BCUT2D eigenvalue weighted by Crippen LogP contribution is -2.26. The second-order valence-electron chi connectivity index (χ2n) is 5.18. The number of nitrogens with one attached hydrogen (secondary N) is 2. The number of hydrogen-bond acceptors (Lipinski definition) is 4. The van der Waals surface area contributed by atoms with Gasteiger partial charge in [-0.05, 0) is 37.1 Å². The van der Waals surface area contributed by atoms with Crippen molar-refractivity contribution in [3.8, 4) is 0 Å². The number of aromatic nitrogens is 2. The van der Waals surface area contributed by atoms with Crippen LogP contribution in [0.15, 0.2) is 47.6 Å². The summed E-state index contributed by atoms with van der Waals surface area (Å²) >= 11 is 0. The molecule has 2 aromatic rings. The zero-order chi connectivity index (χ0) is 15.6. The fourth-order valence-corrected chi connectivity index (χ4v) is 3.32. The van der Waals surface area contributed by atoms with Crippen molar-refractivity contribution in [1.29, 1.82) is 0 Å². The van der Waals surface area contributed by atoms with Crippen LogP contribution >= 0.6 is 0 Å². The van der Waals surface area contributed by atoms with Crippen molar-refractivity contribution in [3.05, 3.63) is 42.7 Å². The molecule has 1 heterocycles. The number of sulfonamides is 1. The molecule has 0 aliphatic heterocycles. The largest absolute Gasteiger partial charge is 0.324 e. The molecule has 2 N–H and O–H groups in total. The number of nitrogens with zero attached hydrogens (tertiary/aromatic N) is 2. The third-order valence-corrected chi connectivity index (χ3v) is 4.71. The lowest BCUT2D eigenvalue weighted by Gasteiger charge is -2.09. The summed E-state index contributed by atoms with van der Waals surface area (Å²) in [6.45, 7) is 0.0737. The van der Waals surface area contributed by atoms with Crippen molar-refractivity contribution >= 4 is 21.6 Å². The SMILES string of the molecule is O=C(Cn1cccn1)Nc1cccc(S(=O)(=O)NC2CC2)c1. The number of anilines is 1. The van der Waals surface area contributed by atoms with Crippen LogP contribution in [0.5, 0.6) is 0 Å². The van der Waals surface area contributed by atoms with E-state index in [1.54, 1.807) is 30.6 Å². The standard InChI is InChI=1S/C14H16N4O3S/c19-14(10-18-8-2-7-15-18)16-12-3-1-4-13(9-12)22(20,21)17-11-5-6-11/h1-4,7-9,11,17H,5-6,10H2,(H,16,19). The van der Waals surface area contributed by atoms with Gasteiger partial charge in [0.1, 0.15) is 6.54 Å². The molecule has 1 saturated carbocycles. The van der Waals surface area contributed by atoms with E-state index < -0.39 is 10.0 Å². The van der Waals surface area contributed by atoms with Crippen LogP contribution in [0.1, 0.15) is 12.8 Å². The van der Waals surface area contributed by atoms with Crippen molar-refractivity contribution in [2.45, 2.75) is 30.3 Å². The summed E-state index contributed by atoms with van der Waals surface area (Å²) in [5.74, 6) is -0.270. The topological polar surface area (TPSA) is 93.1 Å². The van der Waals surface area contributed by atoms with E-state index in [1.807, 2.05) is 0 Å². The lowest BCUT2D eigenvalue weighted by atomic mass is 10.3. The molecule has 1 aliphatic rings. The van der Waals surface area contributed by atoms with E-state index in [2.05, 4.69) is 15.1 Å². The van der Waals surface area contributed by atoms with Gasteiger partial charge in [0.05, 0.1) is 4.90 Å². The first-order valence-corrected chi connectivity index (χ1v) is 8.41. The third-order valence-electron chi connectivity index (χ3n) is 3.19. The fraction of sp³-hybridized carbons (Fsp3) is 0.286. The van der Waals surface area contributed by atoms with E-state index in [4.69, 9.17) is 0 Å². The normalized spacial score (nSPS) is 14.7. The highest BCUT2D eigenvalue weighted by molar-refractivity contribution is 7.89. The Balaban J connectivity index is 1.69. The summed E-state index contributed by atoms with van der Waals surface area (Å²) in [7, 11) is -3.52. The van der Waals surface area contributed by atoms with E-state index in [9.17, 15) is 13.2 Å². The lowest BCUT2D eigenvalue weighted by molar-refractivity contribution is -0.116. The first kappa shape index (κ1) is 14.7. The Morgan fingerprint density at radius 1 is 1.32 bits per heavy atom. The first-order chi connectivity index (χ1) is 10.5. The molecule has 3 rings (SSSR count). The van der Waals surface area contributed by atoms with Gasteiger partial charge in [-0.1, -0.05) is 6.07 Å². The highest BCUT2D eigenvalue weighted by Gasteiger charge is 2.28. The summed E-state index contributed by atoms with van der Waals surface area (Å²) in [5.41, 5.74) is 0.441. The molecule has 0 spiro atoms. The van der Waals surface area contributed by atoms with E-state index in [0.29, 0.717) is 5.69 Å². The average molecular weight is 320 g/mol. The van der Waals surface area contributed by atoms with Crippen molar-refractivity contribution in [1.82, 2.24) is 14.5 Å². The third kappa shape index (κ3) is 3.71. The van der Waals surface area contributed by atoms with Crippen LogP contribution in [-0.4, -0.2) is 30.1 Å². The highest BCUT2D eigenvalue weighted by atomic mass is 32.2. The first-order valence-electron chi connectivity index (χ1n) is 6.93. The molecule has 0 bridgehead atoms. The summed E-state index contributed by atoms with van der Waals surface area (Å²) in [6.07, 6.45) is 5.02. The number of benzene rings is 1. The van der Waals surface area contributed by atoms with Crippen molar-refractivity contribution in [3.63, 3.8) is 0 Å². The van der Waals surface area contributed by atoms with E-state index >= 15 is 0 Å². The Labute approximate surface area is 128 Å². The minimum absolute atomic E-state index is 0.0445. The molecular formula is C14H16N4O3S. The Hall–Kier alpha value is -2.19. The van der Waals surface area contributed by atoms with Gasteiger partial charge in [0.25, 0.3) is 0 Å². The molecule has 1 aromatic carbocycles. The van der Waals surface area contributed by atoms with Gasteiger partial charge in [0, 0.05) is 24.1 Å². The maximum Gasteiger partial charge on any atom is 0.246 e. The predicted octanol–water partition coefficient (Wildman–Crippen LogP) is 0.962. The molecule has 0 saturated heterocycles. The molecular weight excluding hydrogens is 304 g/mol. The molecule has 7 nitrogen and oxygen atoms in total. The number of hydrogen-bond donors (Lipinski definition) is 2. The Morgan fingerprint density at radius 3 is 2.82 bits per heavy atom. The van der Waals surface area contributed by atoms with Gasteiger partial charge in [-0.25, -0.2) is 13.1 Å². The maximum absolute atomic E-state index is 12.1. The molecule has 0 atom stereocenters. The minimum Gasteiger partial charge on any atom is -0.324 e. The number of rotatable bonds is 6. The number of carbonyl (C=O) groups excluding carboxylic acids is 1. The van der Waals surface area contributed by atoms with E-state index in [0.717, 1.165) is 12.8 Å². The monoisotopic (exact) mass is 320 g/mol. The zero-order valence-corrected chi connectivity index (χ0v) is 12.6. The molecule has 0 unspecified atom stereocenters. The smallest absolute Gasteiger partial charge is 0.246 e. The Kier molecular flexibility index (Phi) is 3.95. The zero-order valence-electron chi connectivity index (χ0n) is 11.8. The average Bonchev–Trinajstić information content (AvgIpc) is 3.11. The highest BCUT2D eigenvalue weighted by Crippen LogP contribution is 2.23. The molecule has 22 heavy (non-hydrogen) atoms. The van der Waals surface area contributed by atoms with Gasteiger partial charge in [-0.2, -0.15) is 5.10 Å². The molecule has 8 heteroatoms. The van der Waals surface area contributed by atoms with Gasteiger partial charge in [0.2, 0.25) is 15.9 Å². The molecule has 0 radical (unpaired) electrons. The van der Waals surface area contributed by atoms with Gasteiger partial charge >= 0.3 is 0 Å². The van der Waals surface area contributed by atoms with Crippen LogP contribution in [0, 0.1) is 0 Å². The number of amides is 1.